The molecule has 1 aliphatic heterocycles. The number of piperazine rings is 1. The lowest BCUT2D eigenvalue weighted by Gasteiger charge is -2.35. The van der Waals surface area contributed by atoms with E-state index in [-0.39, 0.29) is 29.4 Å². The summed E-state index contributed by atoms with van der Waals surface area (Å²) < 4.78 is 1.27. The Labute approximate surface area is 186 Å². The maximum absolute atomic E-state index is 12.6. The second-order valence-corrected chi connectivity index (χ2v) is 9.00. The number of nitrogens with one attached hydrogen (secondary N) is 2. The van der Waals surface area contributed by atoms with Crippen LogP contribution in [-0.4, -0.2) is 67.3 Å². The first kappa shape index (κ1) is 22.3. The van der Waals surface area contributed by atoms with Crippen molar-refractivity contribution < 1.29 is 9.59 Å². The van der Waals surface area contributed by atoms with Gasteiger partial charge in [-0.15, -0.1) is 0 Å². The molecule has 0 radical (unpaired) electrons. The predicted octanol–water partition coefficient (Wildman–Crippen LogP) is 0.914. The molecule has 0 bridgehead atoms. The zero-order valence-corrected chi connectivity index (χ0v) is 18.7. The van der Waals surface area contributed by atoms with Gasteiger partial charge in [-0.05, 0) is 12.3 Å². The number of rotatable bonds is 6. The van der Waals surface area contributed by atoms with Crippen molar-refractivity contribution >= 4 is 23.0 Å². The number of imidazole rings is 1. The Hall–Kier alpha value is -2.91. The van der Waals surface area contributed by atoms with Gasteiger partial charge in [-0.2, -0.15) is 0 Å². The van der Waals surface area contributed by atoms with Gasteiger partial charge in [0.25, 0.3) is 5.56 Å². The molecule has 0 atom stereocenters. The van der Waals surface area contributed by atoms with Crippen LogP contribution in [0, 0.1) is 5.92 Å². The summed E-state index contributed by atoms with van der Waals surface area (Å²) in [6.07, 6.45) is 8.63. The molecule has 2 aromatic rings. The summed E-state index contributed by atoms with van der Waals surface area (Å²) in [7, 11) is 1.53. The summed E-state index contributed by atoms with van der Waals surface area (Å²) in [6.45, 7) is 2.25. The van der Waals surface area contributed by atoms with Crippen molar-refractivity contribution in [3.05, 3.63) is 26.7 Å². The third-order valence-electron chi connectivity index (χ3n) is 6.86. The standard InChI is InChI=1S/C22H32N6O4/c1-26-20-19(21(31)25-22(26)32)23-16(24-20)8-10-18(30)28-13-11-27(12-14-28)17(29)9-7-15-5-3-2-4-6-15/h15H,2-14H2,1H3,(H,23,24)(H,25,31,32). The molecule has 3 heterocycles. The third kappa shape index (κ3) is 4.94. The van der Waals surface area contributed by atoms with Crippen molar-refractivity contribution in [2.24, 2.45) is 13.0 Å². The van der Waals surface area contributed by atoms with Crippen molar-refractivity contribution in [3.63, 3.8) is 0 Å². The van der Waals surface area contributed by atoms with E-state index < -0.39 is 11.2 Å². The van der Waals surface area contributed by atoms with Crippen LogP contribution in [0.3, 0.4) is 0 Å². The highest BCUT2D eigenvalue weighted by Crippen LogP contribution is 2.27. The first-order valence-corrected chi connectivity index (χ1v) is 11.7. The third-order valence-corrected chi connectivity index (χ3v) is 6.86. The Morgan fingerprint density at radius 1 is 0.938 bits per heavy atom. The van der Waals surface area contributed by atoms with E-state index in [1.807, 2.05) is 4.90 Å². The molecule has 2 amide bonds. The summed E-state index contributed by atoms with van der Waals surface area (Å²) in [6, 6.07) is 0. The van der Waals surface area contributed by atoms with Gasteiger partial charge in [0.1, 0.15) is 11.3 Å². The molecular formula is C22H32N6O4. The van der Waals surface area contributed by atoms with Gasteiger partial charge in [-0.25, -0.2) is 9.78 Å². The number of aromatic amines is 2. The highest BCUT2D eigenvalue weighted by atomic mass is 16.2. The lowest BCUT2D eigenvalue weighted by Crippen LogP contribution is -2.50. The fraction of sp³-hybridized carbons (Fsp3) is 0.682. The lowest BCUT2D eigenvalue weighted by molar-refractivity contribution is -0.139. The van der Waals surface area contributed by atoms with Crippen LogP contribution in [-0.2, 0) is 23.1 Å². The van der Waals surface area contributed by atoms with Crippen molar-refractivity contribution in [2.75, 3.05) is 26.2 Å². The number of fused-ring (bicyclic) bond motifs is 1. The number of aryl methyl sites for hydroxylation is 2. The number of carbonyl (C=O) groups excluding carboxylic acids is 2. The number of H-pyrrole nitrogens is 2. The van der Waals surface area contributed by atoms with Gasteiger partial charge in [0, 0.05) is 52.5 Å². The van der Waals surface area contributed by atoms with Crippen molar-refractivity contribution in [2.45, 2.75) is 57.8 Å². The van der Waals surface area contributed by atoms with Gasteiger partial charge in [-0.1, -0.05) is 32.1 Å². The summed E-state index contributed by atoms with van der Waals surface area (Å²) in [5.41, 5.74) is -0.531. The van der Waals surface area contributed by atoms with Gasteiger partial charge in [0.05, 0.1) is 0 Å². The van der Waals surface area contributed by atoms with E-state index in [0.717, 1.165) is 6.42 Å². The lowest BCUT2D eigenvalue weighted by atomic mass is 9.86. The van der Waals surface area contributed by atoms with Gasteiger partial charge >= 0.3 is 5.69 Å². The largest absolute Gasteiger partial charge is 0.339 e. The average Bonchev–Trinajstić information content (AvgIpc) is 3.25. The van der Waals surface area contributed by atoms with Crippen LogP contribution >= 0.6 is 0 Å². The SMILES string of the molecule is Cn1c(=O)[nH]c(=O)c2[nH]c(CCC(=O)N3CCN(C(=O)CCC4CCCCC4)CC3)nc21. The Kier molecular flexibility index (Phi) is 6.76. The second-order valence-electron chi connectivity index (χ2n) is 9.00. The number of hydrogen-bond acceptors (Lipinski definition) is 5. The van der Waals surface area contributed by atoms with Crippen LogP contribution < -0.4 is 11.2 Å². The quantitative estimate of drug-likeness (QED) is 0.685. The molecule has 2 fully saturated rings. The van der Waals surface area contributed by atoms with Crippen LogP contribution in [0.1, 0.15) is 57.2 Å². The van der Waals surface area contributed by atoms with Crippen LogP contribution in [0.4, 0.5) is 0 Å². The number of amides is 2. The van der Waals surface area contributed by atoms with Gasteiger partial charge in [0.15, 0.2) is 5.65 Å². The van der Waals surface area contributed by atoms with Crippen molar-refractivity contribution in [3.8, 4) is 0 Å². The molecule has 1 saturated heterocycles. The van der Waals surface area contributed by atoms with Gasteiger partial charge < -0.3 is 14.8 Å². The molecule has 10 heteroatoms. The topological polar surface area (TPSA) is 124 Å². The molecule has 4 rings (SSSR count). The summed E-state index contributed by atoms with van der Waals surface area (Å²) in [5, 5.41) is 0. The summed E-state index contributed by atoms with van der Waals surface area (Å²) in [5.74, 6) is 1.41. The number of aromatic nitrogens is 4. The van der Waals surface area contributed by atoms with Crippen LogP contribution in [0.25, 0.3) is 11.2 Å². The molecule has 32 heavy (non-hydrogen) atoms. The Morgan fingerprint density at radius 3 is 2.22 bits per heavy atom. The highest BCUT2D eigenvalue weighted by Gasteiger charge is 2.25. The minimum atomic E-state index is -0.525. The molecular weight excluding hydrogens is 412 g/mol. The predicted molar refractivity (Wildman–Crippen MR) is 119 cm³/mol. The van der Waals surface area contributed by atoms with Crippen LogP contribution in [0.5, 0.6) is 0 Å². The fourth-order valence-corrected chi connectivity index (χ4v) is 4.82. The minimum Gasteiger partial charge on any atom is -0.339 e. The highest BCUT2D eigenvalue weighted by molar-refractivity contribution is 5.78. The fourth-order valence-electron chi connectivity index (χ4n) is 4.82. The van der Waals surface area contributed by atoms with E-state index in [9.17, 15) is 19.2 Å². The van der Waals surface area contributed by atoms with Crippen LogP contribution in [0.2, 0.25) is 0 Å². The maximum Gasteiger partial charge on any atom is 0.329 e. The van der Waals surface area contributed by atoms with E-state index in [1.54, 1.807) is 4.90 Å². The van der Waals surface area contributed by atoms with Gasteiger partial charge in [-0.3, -0.25) is 23.9 Å². The molecule has 1 aliphatic carbocycles. The number of hydrogen-bond donors (Lipinski definition) is 2. The first-order chi connectivity index (χ1) is 15.4. The Bertz CT molecular complexity index is 1090. The number of nitrogens with zero attached hydrogens (tertiary/aromatic N) is 4. The molecule has 0 unspecified atom stereocenters. The molecule has 10 nitrogen and oxygen atoms in total. The van der Waals surface area contributed by atoms with E-state index in [0.29, 0.717) is 50.8 Å². The summed E-state index contributed by atoms with van der Waals surface area (Å²) in [4.78, 5) is 61.9. The van der Waals surface area contributed by atoms with Crippen LogP contribution in [0.15, 0.2) is 9.59 Å². The smallest absolute Gasteiger partial charge is 0.329 e. The van der Waals surface area contributed by atoms with Crippen molar-refractivity contribution in [1.82, 2.24) is 29.3 Å². The van der Waals surface area contributed by atoms with E-state index in [2.05, 4.69) is 15.0 Å². The molecule has 0 aromatic carbocycles. The normalized spacial score (nSPS) is 17.8. The Balaban J connectivity index is 1.24. The minimum absolute atomic E-state index is 0.00237. The molecule has 0 spiro atoms. The van der Waals surface area contributed by atoms with E-state index in [1.165, 1.54) is 43.7 Å². The summed E-state index contributed by atoms with van der Waals surface area (Å²) >= 11 is 0. The Morgan fingerprint density at radius 2 is 1.56 bits per heavy atom. The molecule has 2 N–H and O–H groups in total. The molecule has 2 aromatic heterocycles. The van der Waals surface area contributed by atoms with Crippen molar-refractivity contribution in [1.29, 1.82) is 0 Å². The monoisotopic (exact) mass is 444 g/mol. The second kappa shape index (κ2) is 9.70. The number of carbonyl (C=O) groups is 2. The van der Waals surface area contributed by atoms with Gasteiger partial charge in [0.2, 0.25) is 11.8 Å². The first-order valence-electron chi connectivity index (χ1n) is 11.7. The van der Waals surface area contributed by atoms with E-state index >= 15 is 0 Å². The zero-order chi connectivity index (χ0) is 22.7. The zero-order valence-electron chi connectivity index (χ0n) is 18.7. The molecule has 1 saturated carbocycles. The molecule has 174 valence electrons. The average molecular weight is 445 g/mol. The van der Waals surface area contributed by atoms with E-state index in [4.69, 9.17) is 0 Å². The molecule has 2 aliphatic rings. The maximum atomic E-state index is 12.6.